The first-order chi connectivity index (χ1) is 12.5. The summed E-state index contributed by atoms with van der Waals surface area (Å²) < 4.78 is 1.40. The molecular weight excluding hydrogens is 330 g/mol. The van der Waals surface area contributed by atoms with Crippen molar-refractivity contribution in [2.75, 3.05) is 6.61 Å². The van der Waals surface area contributed by atoms with Crippen LogP contribution in [0.15, 0.2) is 53.5 Å². The highest BCUT2D eigenvalue weighted by atomic mass is 16.3. The Balaban J connectivity index is 2.36. The van der Waals surface area contributed by atoms with Gasteiger partial charge >= 0.3 is 0 Å². The molecule has 0 saturated heterocycles. The van der Waals surface area contributed by atoms with Gasteiger partial charge in [-0.2, -0.15) is 0 Å². The fourth-order valence-electron chi connectivity index (χ4n) is 3.08. The SMILES string of the molecule is CC(CO)CCn1c(C(N)=O)c(-c2ccccc2)c2cccnc2c1=O. The second-order valence-corrected chi connectivity index (χ2v) is 6.39. The second kappa shape index (κ2) is 7.49. The van der Waals surface area contributed by atoms with Crippen molar-refractivity contribution in [3.8, 4) is 11.1 Å². The highest BCUT2D eigenvalue weighted by Gasteiger charge is 2.22. The van der Waals surface area contributed by atoms with E-state index in [0.717, 1.165) is 5.56 Å². The smallest absolute Gasteiger partial charge is 0.277 e. The van der Waals surface area contributed by atoms with Gasteiger partial charge < -0.3 is 15.4 Å². The van der Waals surface area contributed by atoms with Crippen molar-refractivity contribution in [3.63, 3.8) is 0 Å². The molecule has 0 saturated carbocycles. The molecule has 2 heterocycles. The fraction of sp³-hybridized carbons (Fsp3) is 0.250. The third-order valence-corrected chi connectivity index (χ3v) is 4.48. The zero-order valence-electron chi connectivity index (χ0n) is 14.6. The summed E-state index contributed by atoms with van der Waals surface area (Å²) in [4.78, 5) is 29.5. The number of primary amides is 1. The number of pyridine rings is 2. The maximum atomic E-state index is 13.0. The first-order valence-electron chi connectivity index (χ1n) is 8.52. The summed E-state index contributed by atoms with van der Waals surface area (Å²) in [5.41, 5.74) is 7.21. The molecule has 3 aromatic rings. The number of benzene rings is 1. The minimum Gasteiger partial charge on any atom is -0.396 e. The molecule has 0 aliphatic heterocycles. The molecule has 3 N–H and O–H groups in total. The number of aliphatic hydroxyl groups is 1. The number of hydrogen-bond acceptors (Lipinski definition) is 4. The first-order valence-corrected chi connectivity index (χ1v) is 8.52. The second-order valence-electron chi connectivity index (χ2n) is 6.39. The largest absolute Gasteiger partial charge is 0.396 e. The Kier molecular flexibility index (Phi) is 5.14. The van der Waals surface area contributed by atoms with Crippen molar-refractivity contribution in [2.24, 2.45) is 11.7 Å². The van der Waals surface area contributed by atoms with Gasteiger partial charge in [0, 0.05) is 30.3 Å². The predicted octanol–water partition coefficient (Wildman–Crippen LogP) is 2.18. The van der Waals surface area contributed by atoms with Crippen LogP contribution in [-0.2, 0) is 6.54 Å². The van der Waals surface area contributed by atoms with Gasteiger partial charge in [0.1, 0.15) is 11.2 Å². The van der Waals surface area contributed by atoms with Gasteiger partial charge in [0.2, 0.25) is 0 Å². The lowest BCUT2D eigenvalue weighted by Crippen LogP contribution is -2.31. The molecule has 1 aromatic carbocycles. The van der Waals surface area contributed by atoms with Crippen molar-refractivity contribution >= 4 is 16.8 Å². The molecule has 2 aromatic heterocycles. The van der Waals surface area contributed by atoms with E-state index in [1.807, 2.05) is 37.3 Å². The third kappa shape index (κ3) is 3.23. The molecule has 26 heavy (non-hydrogen) atoms. The highest BCUT2D eigenvalue weighted by molar-refractivity contribution is 6.07. The average Bonchev–Trinajstić information content (AvgIpc) is 2.67. The standard InChI is InChI=1S/C20H21N3O3/c1-13(12-24)9-11-23-18(19(21)25)16(14-6-3-2-4-7-14)15-8-5-10-22-17(15)20(23)26/h2-8,10,13,24H,9,11-12H2,1H3,(H2,21,25). The molecule has 0 fully saturated rings. The van der Waals surface area contributed by atoms with Gasteiger partial charge in [-0.1, -0.05) is 43.3 Å². The topological polar surface area (TPSA) is 98.2 Å². The molecule has 3 rings (SSSR count). The zero-order chi connectivity index (χ0) is 18.7. The zero-order valence-corrected chi connectivity index (χ0v) is 14.6. The van der Waals surface area contributed by atoms with Crippen LogP contribution in [0.25, 0.3) is 22.0 Å². The maximum Gasteiger partial charge on any atom is 0.277 e. The van der Waals surface area contributed by atoms with Crippen molar-refractivity contribution in [1.82, 2.24) is 9.55 Å². The number of carbonyl (C=O) groups excluding carboxylic acids is 1. The average molecular weight is 351 g/mol. The van der Waals surface area contributed by atoms with E-state index in [0.29, 0.717) is 22.9 Å². The number of amides is 1. The van der Waals surface area contributed by atoms with E-state index in [1.165, 1.54) is 4.57 Å². The van der Waals surface area contributed by atoms with Crippen LogP contribution in [0.1, 0.15) is 23.8 Å². The molecule has 134 valence electrons. The van der Waals surface area contributed by atoms with Crippen LogP contribution < -0.4 is 11.3 Å². The van der Waals surface area contributed by atoms with Gasteiger partial charge in [-0.25, -0.2) is 0 Å². The quantitative estimate of drug-likeness (QED) is 0.711. The molecule has 1 unspecified atom stereocenters. The minimum atomic E-state index is -0.664. The van der Waals surface area contributed by atoms with Gasteiger partial charge in [0.05, 0.1) is 0 Å². The van der Waals surface area contributed by atoms with E-state index >= 15 is 0 Å². The summed E-state index contributed by atoms with van der Waals surface area (Å²) in [5, 5.41) is 9.87. The molecule has 0 radical (unpaired) electrons. The van der Waals surface area contributed by atoms with E-state index < -0.39 is 5.91 Å². The van der Waals surface area contributed by atoms with Crippen LogP contribution in [0.4, 0.5) is 0 Å². The number of carbonyl (C=O) groups is 1. The lowest BCUT2D eigenvalue weighted by Gasteiger charge is -2.18. The molecule has 6 nitrogen and oxygen atoms in total. The fourth-order valence-corrected chi connectivity index (χ4v) is 3.08. The Morgan fingerprint density at radius 1 is 1.23 bits per heavy atom. The van der Waals surface area contributed by atoms with E-state index in [4.69, 9.17) is 5.73 Å². The number of aliphatic hydroxyl groups excluding tert-OH is 1. The number of fused-ring (bicyclic) bond motifs is 1. The van der Waals surface area contributed by atoms with Gasteiger partial charge in [0.25, 0.3) is 11.5 Å². The van der Waals surface area contributed by atoms with Crippen LogP contribution in [0.5, 0.6) is 0 Å². The van der Waals surface area contributed by atoms with Crippen LogP contribution in [-0.4, -0.2) is 27.2 Å². The Bertz CT molecular complexity index is 996. The van der Waals surface area contributed by atoms with Crippen LogP contribution in [0, 0.1) is 5.92 Å². The normalized spacial score (nSPS) is 12.2. The number of nitrogens with two attached hydrogens (primary N) is 1. The van der Waals surface area contributed by atoms with Crippen molar-refractivity contribution in [2.45, 2.75) is 19.9 Å². The van der Waals surface area contributed by atoms with Gasteiger partial charge in [-0.3, -0.25) is 14.6 Å². The molecular formula is C20H21N3O3. The molecule has 6 heteroatoms. The van der Waals surface area contributed by atoms with Crippen LogP contribution in [0.2, 0.25) is 0 Å². The van der Waals surface area contributed by atoms with E-state index in [9.17, 15) is 14.7 Å². The number of hydrogen-bond donors (Lipinski definition) is 2. The third-order valence-electron chi connectivity index (χ3n) is 4.48. The lowest BCUT2D eigenvalue weighted by atomic mass is 9.98. The van der Waals surface area contributed by atoms with Crippen molar-refractivity contribution in [1.29, 1.82) is 0 Å². The summed E-state index contributed by atoms with van der Waals surface area (Å²) in [6, 6.07) is 12.9. The number of rotatable bonds is 6. The van der Waals surface area contributed by atoms with E-state index in [2.05, 4.69) is 4.98 Å². The summed E-state index contributed by atoms with van der Waals surface area (Å²) in [5.74, 6) is -0.661. The molecule has 1 amide bonds. The predicted molar refractivity (Wildman–Crippen MR) is 101 cm³/mol. The molecule has 0 bridgehead atoms. The van der Waals surface area contributed by atoms with E-state index in [-0.39, 0.29) is 30.3 Å². The highest BCUT2D eigenvalue weighted by Crippen LogP contribution is 2.30. The Morgan fingerprint density at radius 2 is 1.96 bits per heavy atom. The maximum absolute atomic E-state index is 13.0. The summed E-state index contributed by atoms with van der Waals surface area (Å²) in [6.45, 7) is 2.18. The van der Waals surface area contributed by atoms with Crippen molar-refractivity contribution < 1.29 is 9.90 Å². The van der Waals surface area contributed by atoms with Crippen molar-refractivity contribution in [3.05, 3.63) is 64.7 Å². The summed E-state index contributed by atoms with van der Waals surface area (Å²) >= 11 is 0. The van der Waals surface area contributed by atoms with E-state index in [1.54, 1.807) is 18.3 Å². The van der Waals surface area contributed by atoms with Crippen LogP contribution in [0.3, 0.4) is 0 Å². The van der Waals surface area contributed by atoms with Crippen LogP contribution >= 0.6 is 0 Å². The minimum absolute atomic E-state index is 0.00207. The van der Waals surface area contributed by atoms with Gasteiger partial charge in [-0.05, 0) is 24.0 Å². The number of aromatic nitrogens is 2. The monoisotopic (exact) mass is 351 g/mol. The molecule has 0 aliphatic carbocycles. The number of nitrogens with zero attached hydrogens (tertiary/aromatic N) is 2. The molecule has 0 aliphatic rings. The Hall–Kier alpha value is -2.99. The Morgan fingerprint density at radius 3 is 2.62 bits per heavy atom. The summed E-state index contributed by atoms with van der Waals surface area (Å²) in [6.07, 6.45) is 2.10. The summed E-state index contributed by atoms with van der Waals surface area (Å²) in [7, 11) is 0. The lowest BCUT2D eigenvalue weighted by molar-refractivity contribution is 0.0990. The Labute approximate surface area is 150 Å². The molecule has 1 atom stereocenters. The molecule has 0 spiro atoms. The first kappa shape index (κ1) is 17.8. The van der Waals surface area contributed by atoms with Gasteiger partial charge in [-0.15, -0.1) is 0 Å². The van der Waals surface area contributed by atoms with Gasteiger partial charge in [0.15, 0.2) is 0 Å².